The molecule has 0 bridgehead atoms. The molecule has 0 aromatic heterocycles. The second kappa shape index (κ2) is 11.5. The molecule has 7 nitrogen and oxygen atoms in total. The SMILES string of the molecule is CCOc1cc2c(cc1OCC)C(=C(Nc1ccc(CN3CCOCC3)cc1)c1ccccc1)C(=O)N2. The number of fused-ring (bicyclic) bond motifs is 1. The van der Waals surface area contributed by atoms with Gasteiger partial charge in [-0.1, -0.05) is 42.5 Å². The maximum Gasteiger partial charge on any atom is 0.258 e. The Morgan fingerprint density at radius 3 is 2.30 bits per heavy atom. The number of anilines is 2. The molecule has 3 aromatic rings. The molecule has 37 heavy (non-hydrogen) atoms. The van der Waals surface area contributed by atoms with Gasteiger partial charge in [0.05, 0.1) is 43.4 Å². The number of ether oxygens (including phenoxy) is 3. The van der Waals surface area contributed by atoms with E-state index in [1.807, 2.05) is 56.3 Å². The number of hydrogen-bond donors (Lipinski definition) is 2. The second-order valence-electron chi connectivity index (χ2n) is 8.99. The number of hydrogen-bond acceptors (Lipinski definition) is 6. The molecule has 1 saturated heterocycles. The Hall–Kier alpha value is -3.81. The van der Waals surface area contributed by atoms with E-state index in [0.717, 1.165) is 55.4 Å². The van der Waals surface area contributed by atoms with Gasteiger partial charge in [0, 0.05) is 37.0 Å². The van der Waals surface area contributed by atoms with E-state index in [4.69, 9.17) is 14.2 Å². The van der Waals surface area contributed by atoms with E-state index in [2.05, 4.69) is 39.8 Å². The van der Waals surface area contributed by atoms with Crippen molar-refractivity contribution in [2.24, 2.45) is 0 Å². The monoisotopic (exact) mass is 499 g/mol. The van der Waals surface area contributed by atoms with Crippen LogP contribution in [-0.4, -0.2) is 50.3 Å². The Bertz CT molecular complexity index is 1270. The van der Waals surface area contributed by atoms with Crippen molar-refractivity contribution in [1.82, 2.24) is 4.90 Å². The van der Waals surface area contributed by atoms with Gasteiger partial charge in [-0.2, -0.15) is 0 Å². The van der Waals surface area contributed by atoms with Gasteiger partial charge < -0.3 is 24.8 Å². The highest BCUT2D eigenvalue weighted by atomic mass is 16.5. The van der Waals surface area contributed by atoms with Crippen molar-refractivity contribution in [2.45, 2.75) is 20.4 Å². The molecule has 0 unspecified atom stereocenters. The Morgan fingerprint density at radius 1 is 0.946 bits per heavy atom. The minimum Gasteiger partial charge on any atom is -0.490 e. The molecule has 0 saturated carbocycles. The van der Waals surface area contributed by atoms with Crippen molar-refractivity contribution < 1.29 is 19.0 Å². The quantitative estimate of drug-likeness (QED) is 0.392. The smallest absolute Gasteiger partial charge is 0.258 e. The molecule has 2 heterocycles. The van der Waals surface area contributed by atoms with Crippen LogP contribution in [0.25, 0.3) is 11.3 Å². The van der Waals surface area contributed by atoms with Gasteiger partial charge in [-0.05, 0) is 43.2 Å². The number of carbonyl (C=O) groups is 1. The molecule has 2 aliphatic rings. The fraction of sp³-hybridized carbons (Fsp3) is 0.300. The van der Waals surface area contributed by atoms with Gasteiger partial charge in [-0.25, -0.2) is 0 Å². The van der Waals surface area contributed by atoms with E-state index in [1.165, 1.54) is 5.56 Å². The number of benzene rings is 3. The molecule has 3 aromatic carbocycles. The zero-order valence-corrected chi connectivity index (χ0v) is 21.4. The molecule has 0 spiro atoms. The Kier molecular flexibility index (Phi) is 7.73. The number of amides is 1. The minimum absolute atomic E-state index is 0.165. The van der Waals surface area contributed by atoms with Gasteiger partial charge in [0.1, 0.15) is 0 Å². The molecule has 2 aliphatic heterocycles. The molecule has 0 atom stereocenters. The van der Waals surface area contributed by atoms with E-state index in [9.17, 15) is 4.79 Å². The highest BCUT2D eigenvalue weighted by molar-refractivity contribution is 6.37. The Balaban J connectivity index is 1.51. The minimum atomic E-state index is -0.165. The van der Waals surface area contributed by atoms with E-state index >= 15 is 0 Å². The Labute approximate surface area is 218 Å². The van der Waals surface area contributed by atoms with Gasteiger partial charge in [-0.3, -0.25) is 9.69 Å². The summed E-state index contributed by atoms with van der Waals surface area (Å²) < 4.78 is 17.1. The van der Waals surface area contributed by atoms with Crippen LogP contribution in [0, 0.1) is 0 Å². The lowest BCUT2D eigenvalue weighted by Crippen LogP contribution is -2.35. The zero-order valence-electron chi connectivity index (χ0n) is 21.4. The van der Waals surface area contributed by atoms with Crippen LogP contribution in [0.3, 0.4) is 0 Å². The lowest BCUT2D eigenvalue weighted by Gasteiger charge is -2.26. The first kappa shape index (κ1) is 24.9. The molecule has 192 valence electrons. The predicted molar refractivity (Wildman–Crippen MR) is 147 cm³/mol. The highest BCUT2D eigenvalue weighted by Gasteiger charge is 2.30. The zero-order chi connectivity index (χ0) is 25.6. The molecule has 2 N–H and O–H groups in total. The predicted octanol–water partition coefficient (Wildman–Crippen LogP) is 5.25. The molecular formula is C30H33N3O4. The maximum absolute atomic E-state index is 13.3. The molecular weight excluding hydrogens is 466 g/mol. The average molecular weight is 500 g/mol. The average Bonchev–Trinajstić information content (AvgIpc) is 3.24. The Morgan fingerprint density at radius 2 is 1.62 bits per heavy atom. The topological polar surface area (TPSA) is 72.1 Å². The fourth-order valence-corrected chi connectivity index (χ4v) is 4.70. The van der Waals surface area contributed by atoms with Crippen molar-refractivity contribution in [3.63, 3.8) is 0 Å². The molecule has 1 amide bonds. The van der Waals surface area contributed by atoms with Crippen LogP contribution in [0.4, 0.5) is 11.4 Å². The first-order chi connectivity index (χ1) is 18.2. The summed E-state index contributed by atoms with van der Waals surface area (Å²) in [7, 11) is 0. The van der Waals surface area contributed by atoms with Crippen LogP contribution in [0.1, 0.15) is 30.5 Å². The normalized spacial score (nSPS) is 16.6. The lowest BCUT2D eigenvalue weighted by atomic mass is 9.99. The largest absolute Gasteiger partial charge is 0.490 e. The van der Waals surface area contributed by atoms with Crippen LogP contribution in [0.15, 0.2) is 66.7 Å². The summed E-state index contributed by atoms with van der Waals surface area (Å²) in [5.74, 6) is 1.08. The number of carbonyl (C=O) groups excluding carboxylic acids is 1. The van der Waals surface area contributed by atoms with Gasteiger partial charge in [0.15, 0.2) is 11.5 Å². The molecule has 1 fully saturated rings. The summed E-state index contributed by atoms with van der Waals surface area (Å²) >= 11 is 0. The van der Waals surface area contributed by atoms with Gasteiger partial charge >= 0.3 is 0 Å². The molecule has 5 rings (SSSR count). The first-order valence-electron chi connectivity index (χ1n) is 12.9. The third-order valence-electron chi connectivity index (χ3n) is 6.47. The summed E-state index contributed by atoms with van der Waals surface area (Å²) in [6.07, 6.45) is 0. The first-order valence-corrected chi connectivity index (χ1v) is 12.9. The van der Waals surface area contributed by atoms with E-state index in [-0.39, 0.29) is 5.91 Å². The highest BCUT2D eigenvalue weighted by Crippen LogP contribution is 2.43. The summed E-state index contributed by atoms with van der Waals surface area (Å²) in [6.45, 7) is 9.24. The maximum atomic E-state index is 13.3. The summed E-state index contributed by atoms with van der Waals surface area (Å²) in [4.78, 5) is 15.7. The molecule has 0 radical (unpaired) electrons. The third-order valence-corrected chi connectivity index (χ3v) is 6.47. The fourth-order valence-electron chi connectivity index (χ4n) is 4.70. The van der Waals surface area contributed by atoms with Crippen LogP contribution >= 0.6 is 0 Å². The van der Waals surface area contributed by atoms with Crippen molar-refractivity contribution in [3.05, 3.63) is 83.4 Å². The van der Waals surface area contributed by atoms with Crippen LogP contribution in [0.5, 0.6) is 11.5 Å². The third kappa shape index (κ3) is 5.63. The van der Waals surface area contributed by atoms with Gasteiger partial charge in [0.2, 0.25) is 0 Å². The number of nitrogens with zero attached hydrogens (tertiary/aromatic N) is 1. The van der Waals surface area contributed by atoms with Crippen molar-refractivity contribution in [2.75, 3.05) is 50.2 Å². The van der Waals surface area contributed by atoms with Crippen LogP contribution < -0.4 is 20.1 Å². The number of nitrogens with one attached hydrogen (secondary N) is 2. The van der Waals surface area contributed by atoms with Crippen molar-refractivity contribution in [3.8, 4) is 11.5 Å². The van der Waals surface area contributed by atoms with Gasteiger partial charge in [-0.15, -0.1) is 0 Å². The van der Waals surface area contributed by atoms with E-state index in [1.54, 1.807) is 0 Å². The molecule has 7 heteroatoms. The standard InChI is InChI=1S/C30H33N3O4/c1-3-36-26-18-24-25(19-27(26)37-4-2)32-30(34)28(24)29(22-8-6-5-7-9-22)31-23-12-10-21(11-13-23)20-33-14-16-35-17-15-33/h5-13,18-19,31H,3-4,14-17,20H2,1-2H3,(H,32,34). The summed E-state index contributed by atoms with van der Waals surface area (Å²) in [6, 6.07) is 22.1. The lowest BCUT2D eigenvalue weighted by molar-refractivity contribution is -0.110. The van der Waals surface area contributed by atoms with Crippen LogP contribution in [0.2, 0.25) is 0 Å². The van der Waals surface area contributed by atoms with Gasteiger partial charge in [0.25, 0.3) is 5.91 Å². The van der Waals surface area contributed by atoms with Crippen molar-refractivity contribution in [1.29, 1.82) is 0 Å². The summed E-state index contributed by atoms with van der Waals surface area (Å²) in [5.41, 5.74) is 5.89. The van der Waals surface area contributed by atoms with E-state index < -0.39 is 0 Å². The molecule has 0 aliphatic carbocycles. The van der Waals surface area contributed by atoms with Crippen molar-refractivity contribution >= 4 is 28.6 Å². The summed E-state index contributed by atoms with van der Waals surface area (Å²) in [5, 5.41) is 6.56. The number of morpholine rings is 1. The van der Waals surface area contributed by atoms with E-state index in [0.29, 0.717) is 36.0 Å². The van der Waals surface area contributed by atoms with Crippen LogP contribution in [-0.2, 0) is 16.1 Å². The second-order valence-corrected chi connectivity index (χ2v) is 8.99. The number of rotatable bonds is 9.